The Bertz CT molecular complexity index is 447. The SMILES string of the molecule is COc1ccc(Cl)cc1C(=O)N1CCC[C@H](C)C1. The molecule has 0 radical (unpaired) electrons. The van der Waals surface area contributed by atoms with Gasteiger partial charge in [-0.2, -0.15) is 0 Å². The molecule has 1 aromatic carbocycles. The number of hydrogen-bond acceptors (Lipinski definition) is 2. The molecule has 0 aromatic heterocycles. The van der Waals surface area contributed by atoms with Crippen LogP contribution in [0.4, 0.5) is 0 Å². The molecule has 1 saturated heterocycles. The quantitative estimate of drug-likeness (QED) is 0.823. The summed E-state index contributed by atoms with van der Waals surface area (Å²) in [6.45, 7) is 3.81. The normalized spacial score (nSPS) is 19.7. The number of likely N-dealkylation sites (tertiary alicyclic amines) is 1. The van der Waals surface area contributed by atoms with Gasteiger partial charge in [-0.25, -0.2) is 0 Å². The molecule has 0 unspecified atom stereocenters. The Morgan fingerprint density at radius 1 is 1.50 bits per heavy atom. The third-order valence-corrected chi connectivity index (χ3v) is 3.57. The van der Waals surface area contributed by atoms with Gasteiger partial charge in [-0.1, -0.05) is 18.5 Å². The summed E-state index contributed by atoms with van der Waals surface area (Å²) in [6.07, 6.45) is 2.26. The van der Waals surface area contributed by atoms with Gasteiger partial charge in [-0.15, -0.1) is 0 Å². The molecule has 0 spiro atoms. The van der Waals surface area contributed by atoms with Crippen molar-refractivity contribution in [2.45, 2.75) is 19.8 Å². The number of carbonyl (C=O) groups excluding carboxylic acids is 1. The van der Waals surface area contributed by atoms with E-state index in [1.165, 1.54) is 6.42 Å². The average Bonchev–Trinajstić information content (AvgIpc) is 2.38. The van der Waals surface area contributed by atoms with Crippen molar-refractivity contribution < 1.29 is 9.53 Å². The molecule has 1 aromatic rings. The number of amides is 1. The first-order valence-electron chi connectivity index (χ1n) is 6.24. The van der Waals surface area contributed by atoms with E-state index in [0.29, 0.717) is 22.3 Å². The molecule has 2 rings (SSSR count). The molecule has 1 heterocycles. The molecule has 4 heteroatoms. The first kappa shape index (κ1) is 13.2. The maximum absolute atomic E-state index is 12.5. The van der Waals surface area contributed by atoms with E-state index in [0.717, 1.165) is 19.5 Å². The summed E-state index contributed by atoms with van der Waals surface area (Å²) in [6, 6.07) is 5.15. The molecule has 0 bridgehead atoms. The predicted molar refractivity (Wildman–Crippen MR) is 72.3 cm³/mol. The molecular formula is C14H18ClNO2. The lowest BCUT2D eigenvalue weighted by Crippen LogP contribution is -2.39. The summed E-state index contributed by atoms with van der Waals surface area (Å²) in [4.78, 5) is 14.4. The van der Waals surface area contributed by atoms with Gasteiger partial charge in [0.05, 0.1) is 12.7 Å². The van der Waals surface area contributed by atoms with Gasteiger partial charge in [0.1, 0.15) is 5.75 Å². The number of benzene rings is 1. The van der Waals surface area contributed by atoms with Crippen LogP contribution in [0, 0.1) is 5.92 Å². The smallest absolute Gasteiger partial charge is 0.257 e. The third kappa shape index (κ3) is 2.78. The summed E-state index contributed by atoms with van der Waals surface area (Å²) < 4.78 is 5.23. The molecule has 1 amide bonds. The van der Waals surface area contributed by atoms with Gasteiger partial charge in [0.2, 0.25) is 0 Å². The minimum atomic E-state index is 0.0147. The van der Waals surface area contributed by atoms with E-state index < -0.39 is 0 Å². The molecule has 0 aliphatic carbocycles. The Labute approximate surface area is 113 Å². The maximum atomic E-state index is 12.5. The number of carbonyl (C=O) groups is 1. The molecule has 3 nitrogen and oxygen atoms in total. The van der Waals surface area contributed by atoms with Gasteiger partial charge < -0.3 is 9.64 Å². The second-order valence-corrected chi connectivity index (χ2v) is 5.28. The zero-order valence-corrected chi connectivity index (χ0v) is 11.5. The van der Waals surface area contributed by atoms with Crippen molar-refractivity contribution in [1.82, 2.24) is 4.90 Å². The minimum absolute atomic E-state index is 0.0147. The second-order valence-electron chi connectivity index (χ2n) is 4.84. The number of halogens is 1. The van der Waals surface area contributed by atoms with Crippen LogP contribution >= 0.6 is 11.6 Å². The number of ether oxygens (including phenoxy) is 1. The summed E-state index contributed by atoms with van der Waals surface area (Å²) in [5.41, 5.74) is 0.555. The van der Waals surface area contributed by atoms with Crippen molar-refractivity contribution in [3.63, 3.8) is 0 Å². The topological polar surface area (TPSA) is 29.5 Å². The van der Waals surface area contributed by atoms with E-state index in [9.17, 15) is 4.79 Å². The summed E-state index contributed by atoms with van der Waals surface area (Å²) in [5.74, 6) is 1.16. The van der Waals surface area contributed by atoms with Crippen molar-refractivity contribution in [2.24, 2.45) is 5.92 Å². The van der Waals surface area contributed by atoms with Crippen LogP contribution in [-0.4, -0.2) is 31.0 Å². The number of rotatable bonds is 2. The lowest BCUT2D eigenvalue weighted by atomic mass is 9.99. The molecule has 1 atom stereocenters. The highest BCUT2D eigenvalue weighted by atomic mass is 35.5. The molecule has 0 saturated carbocycles. The number of methoxy groups -OCH3 is 1. The van der Waals surface area contributed by atoms with Crippen molar-refractivity contribution in [3.05, 3.63) is 28.8 Å². The van der Waals surface area contributed by atoms with Gasteiger partial charge in [-0.3, -0.25) is 4.79 Å². The van der Waals surface area contributed by atoms with Crippen LogP contribution in [0.1, 0.15) is 30.1 Å². The molecule has 1 aliphatic rings. The number of hydrogen-bond donors (Lipinski definition) is 0. The zero-order valence-electron chi connectivity index (χ0n) is 10.8. The lowest BCUT2D eigenvalue weighted by molar-refractivity contribution is 0.0679. The highest BCUT2D eigenvalue weighted by Gasteiger charge is 2.24. The molecular weight excluding hydrogens is 250 g/mol. The first-order chi connectivity index (χ1) is 8.61. The highest BCUT2D eigenvalue weighted by molar-refractivity contribution is 6.31. The van der Waals surface area contributed by atoms with Gasteiger partial charge >= 0.3 is 0 Å². The fourth-order valence-electron chi connectivity index (χ4n) is 2.39. The summed E-state index contributed by atoms with van der Waals surface area (Å²) >= 11 is 5.96. The van der Waals surface area contributed by atoms with Crippen LogP contribution in [-0.2, 0) is 0 Å². The highest BCUT2D eigenvalue weighted by Crippen LogP contribution is 2.26. The Balaban J connectivity index is 2.24. The van der Waals surface area contributed by atoms with Gasteiger partial charge in [-0.05, 0) is 37.0 Å². The number of nitrogens with zero attached hydrogens (tertiary/aromatic N) is 1. The average molecular weight is 268 g/mol. The largest absolute Gasteiger partial charge is 0.496 e. The standard InChI is InChI=1S/C14H18ClNO2/c1-10-4-3-7-16(9-10)14(17)12-8-11(15)5-6-13(12)18-2/h5-6,8,10H,3-4,7,9H2,1-2H3/t10-/m0/s1. The van der Waals surface area contributed by atoms with Crippen LogP contribution in [0.3, 0.4) is 0 Å². The number of piperidine rings is 1. The van der Waals surface area contributed by atoms with E-state index in [1.807, 2.05) is 4.90 Å². The first-order valence-corrected chi connectivity index (χ1v) is 6.62. The third-order valence-electron chi connectivity index (χ3n) is 3.34. The van der Waals surface area contributed by atoms with Crippen LogP contribution in [0.25, 0.3) is 0 Å². The Morgan fingerprint density at radius 2 is 2.28 bits per heavy atom. The fourth-order valence-corrected chi connectivity index (χ4v) is 2.56. The molecule has 1 fully saturated rings. The van der Waals surface area contributed by atoms with Gasteiger partial charge in [0.25, 0.3) is 5.91 Å². The monoisotopic (exact) mass is 267 g/mol. The maximum Gasteiger partial charge on any atom is 0.257 e. The van der Waals surface area contributed by atoms with E-state index in [-0.39, 0.29) is 5.91 Å². The molecule has 18 heavy (non-hydrogen) atoms. The lowest BCUT2D eigenvalue weighted by Gasteiger charge is -2.31. The van der Waals surface area contributed by atoms with Crippen molar-refractivity contribution in [1.29, 1.82) is 0 Å². The van der Waals surface area contributed by atoms with Crippen LogP contribution in [0.5, 0.6) is 5.75 Å². The zero-order chi connectivity index (χ0) is 13.1. The summed E-state index contributed by atoms with van der Waals surface area (Å²) in [7, 11) is 1.57. The molecule has 1 aliphatic heterocycles. The van der Waals surface area contributed by atoms with E-state index in [2.05, 4.69) is 6.92 Å². The van der Waals surface area contributed by atoms with Crippen molar-refractivity contribution in [2.75, 3.05) is 20.2 Å². The van der Waals surface area contributed by atoms with Crippen LogP contribution in [0.2, 0.25) is 5.02 Å². The fraction of sp³-hybridized carbons (Fsp3) is 0.500. The minimum Gasteiger partial charge on any atom is -0.496 e. The molecule has 0 N–H and O–H groups in total. The summed E-state index contributed by atoms with van der Waals surface area (Å²) in [5, 5.41) is 0.559. The predicted octanol–water partition coefficient (Wildman–Crippen LogP) is 3.22. The Morgan fingerprint density at radius 3 is 2.94 bits per heavy atom. The molecule has 98 valence electrons. The van der Waals surface area contributed by atoms with Crippen LogP contribution in [0.15, 0.2) is 18.2 Å². The van der Waals surface area contributed by atoms with Crippen molar-refractivity contribution in [3.8, 4) is 5.75 Å². The second kappa shape index (κ2) is 5.61. The van der Waals surface area contributed by atoms with E-state index in [4.69, 9.17) is 16.3 Å². The van der Waals surface area contributed by atoms with Crippen LogP contribution < -0.4 is 4.74 Å². The Hall–Kier alpha value is -1.22. The van der Waals surface area contributed by atoms with Crippen molar-refractivity contribution >= 4 is 17.5 Å². The van der Waals surface area contributed by atoms with Gasteiger partial charge in [0, 0.05) is 18.1 Å². The van der Waals surface area contributed by atoms with E-state index >= 15 is 0 Å². The van der Waals surface area contributed by atoms with E-state index in [1.54, 1.807) is 25.3 Å². The van der Waals surface area contributed by atoms with Gasteiger partial charge in [0.15, 0.2) is 0 Å². The Kier molecular flexibility index (Phi) is 4.12.